The molecule has 2 N–H and O–H groups in total. The molecular weight excluding hydrogens is 222 g/mol. The number of benzene rings is 1. The molecule has 1 aromatic rings. The summed E-state index contributed by atoms with van der Waals surface area (Å²) in [4.78, 5) is 4.45. The molecule has 0 saturated carbocycles. The number of hydrogen-bond acceptors (Lipinski definition) is 3. The van der Waals surface area contributed by atoms with Crippen LogP contribution in [0.4, 0.5) is 5.69 Å². The number of likely N-dealkylation sites (tertiary alicyclic amines) is 1. The smallest absolute Gasteiger partial charge is 0.0361 e. The van der Waals surface area contributed by atoms with Crippen LogP contribution in [0.25, 0.3) is 0 Å². The molecule has 0 aromatic heterocycles. The monoisotopic (exact) mass is 247 g/mol. The Morgan fingerprint density at radius 3 is 2.44 bits per heavy atom. The molecule has 0 amide bonds. The van der Waals surface area contributed by atoms with Crippen molar-refractivity contribution in [3.05, 3.63) is 29.8 Å². The molecule has 3 heteroatoms. The number of likely N-dealkylation sites (N-methyl/N-ethyl adjacent to an activating group) is 1. The predicted octanol–water partition coefficient (Wildman–Crippen LogP) is 1.72. The third-order valence-electron chi connectivity index (χ3n) is 3.94. The molecule has 1 atom stereocenters. The second-order valence-corrected chi connectivity index (χ2v) is 5.91. The minimum Gasteiger partial charge on any atom is -0.378 e. The van der Waals surface area contributed by atoms with Crippen LogP contribution in [-0.4, -0.2) is 44.7 Å². The summed E-state index contributed by atoms with van der Waals surface area (Å²) in [6, 6.07) is 8.80. The van der Waals surface area contributed by atoms with Crippen LogP contribution < -0.4 is 10.6 Å². The van der Waals surface area contributed by atoms with Gasteiger partial charge in [0.25, 0.3) is 0 Å². The van der Waals surface area contributed by atoms with Gasteiger partial charge in [0.05, 0.1) is 0 Å². The first kappa shape index (κ1) is 13.4. The molecule has 1 aliphatic heterocycles. The highest BCUT2D eigenvalue weighted by molar-refractivity contribution is 5.46. The Bertz CT molecular complexity index is 385. The molecule has 0 spiro atoms. The Labute approximate surface area is 111 Å². The fourth-order valence-corrected chi connectivity index (χ4v) is 2.67. The van der Waals surface area contributed by atoms with Crippen LogP contribution in [0.1, 0.15) is 18.4 Å². The van der Waals surface area contributed by atoms with Crippen LogP contribution >= 0.6 is 0 Å². The third-order valence-corrected chi connectivity index (χ3v) is 3.94. The van der Waals surface area contributed by atoms with Gasteiger partial charge in [-0.15, -0.1) is 0 Å². The molecule has 1 unspecified atom stereocenters. The van der Waals surface area contributed by atoms with Gasteiger partial charge in [0.1, 0.15) is 0 Å². The molecular formula is C15H25N3. The third kappa shape index (κ3) is 3.24. The zero-order chi connectivity index (χ0) is 13.2. The maximum Gasteiger partial charge on any atom is 0.0361 e. The highest BCUT2D eigenvalue weighted by Crippen LogP contribution is 2.23. The summed E-state index contributed by atoms with van der Waals surface area (Å²) in [6.07, 6.45) is 3.29. The van der Waals surface area contributed by atoms with Crippen molar-refractivity contribution in [1.29, 1.82) is 0 Å². The summed E-state index contributed by atoms with van der Waals surface area (Å²) >= 11 is 0. The fourth-order valence-electron chi connectivity index (χ4n) is 2.67. The Kier molecular flexibility index (Phi) is 3.93. The van der Waals surface area contributed by atoms with Crippen LogP contribution in [0.3, 0.4) is 0 Å². The normalized spacial score (nSPS) is 24.4. The quantitative estimate of drug-likeness (QED) is 0.879. The van der Waals surface area contributed by atoms with Gasteiger partial charge < -0.3 is 15.5 Å². The van der Waals surface area contributed by atoms with Gasteiger partial charge in [0.2, 0.25) is 0 Å². The van der Waals surface area contributed by atoms with E-state index in [4.69, 9.17) is 5.73 Å². The molecule has 18 heavy (non-hydrogen) atoms. The van der Waals surface area contributed by atoms with Crippen molar-refractivity contribution < 1.29 is 0 Å². The number of nitrogens with two attached hydrogens (primary N) is 1. The lowest BCUT2D eigenvalue weighted by Crippen LogP contribution is -2.42. The standard InChI is InChI=1S/C15H25N3/c1-17(2)14-6-4-13(5-7-14)8-9-15(16)10-11-18(3)12-15/h4-7H,8-12,16H2,1-3H3. The molecule has 3 nitrogen and oxygen atoms in total. The van der Waals surface area contributed by atoms with E-state index in [1.165, 1.54) is 11.3 Å². The van der Waals surface area contributed by atoms with E-state index in [1.54, 1.807) is 0 Å². The van der Waals surface area contributed by atoms with Crippen LogP contribution in [0.5, 0.6) is 0 Å². The van der Waals surface area contributed by atoms with Crippen molar-refractivity contribution in [3.8, 4) is 0 Å². The molecule has 1 saturated heterocycles. The van der Waals surface area contributed by atoms with E-state index in [0.29, 0.717) is 0 Å². The molecule has 1 heterocycles. The van der Waals surface area contributed by atoms with Crippen molar-refractivity contribution >= 4 is 5.69 Å². The summed E-state index contributed by atoms with van der Waals surface area (Å²) in [5.74, 6) is 0. The molecule has 100 valence electrons. The number of rotatable bonds is 4. The van der Waals surface area contributed by atoms with E-state index in [0.717, 1.165) is 32.4 Å². The van der Waals surface area contributed by atoms with Gasteiger partial charge in [-0.05, 0) is 50.6 Å². The molecule has 1 aromatic carbocycles. The second kappa shape index (κ2) is 5.29. The van der Waals surface area contributed by atoms with Crippen LogP contribution in [0, 0.1) is 0 Å². The van der Waals surface area contributed by atoms with Gasteiger partial charge >= 0.3 is 0 Å². The van der Waals surface area contributed by atoms with Gasteiger partial charge in [-0.2, -0.15) is 0 Å². The van der Waals surface area contributed by atoms with Crippen LogP contribution in [-0.2, 0) is 6.42 Å². The molecule has 0 radical (unpaired) electrons. The lowest BCUT2D eigenvalue weighted by atomic mass is 9.91. The summed E-state index contributed by atoms with van der Waals surface area (Å²) in [5, 5.41) is 0. The lowest BCUT2D eigenvalue weighted by molar-refractivity contribution is 0.354. The Balaban J connectivity index is 1.90. The van der Waals surface area contributed by atoms with E-state index in [2.05, 4.69) is 55.2 Å². The SMILES string of the molecule is CN1CCC(N)(CCc2ccc(N(C)C)cc2)C1. The van der Waals surface area contributed by atoms with E-state index < -0.39 is 0 Å². The summed E-state index contributed by atoms with van der Waals surface area (Å²) in [7, 11) is 6.29. The summed E-state index contributed by atoms with van der Waals surface area (Å²) < 4.78 is 0. The highest BCUT2D eigenvalue weighted by atomic mass is 15.2. The Hall–Kier alpha value is -1.06. The van der Waals surface area contributed by atoms with Crippen molar-refractivity contribution in [2.45, 2.75) is 24.8 Å². The minimum absolute atomic E-state index is 0.0228. The summed E-state index contributed by atoms with van der Waals surface area (Å²) in [5.41, 5.74) is 9.09. The second-order valence-electron chi connectivity index (χ2n) is 5.91. The first-order valence-corrected chi connectivity index (χ1v) is 6.72. The van der Waals surface area contributed by atoms with Crippen molar-refractivity contribution in [2.24, 2.45) is 5.73 Å². The maximum absolute atomic E-state index is 6.43. The average Bonchev–Trinajstić information content (AvgIpc) is 2.68. The first-order valence-electron chi connectivity index (χ1n) is 6.72. The first-order chi connectivity index (χ1) is 8.48. The molecule has 1 fully saturated rings. The molecule has 2 rings (SSSR count). The van der Waals surface area contributed by atoms with Crippen molar-refractivity contribution in [2.75, 3.05) is 39.1 Å². The number of anilines is 1. The predicted molar refractivity (Wildman–Crippen MR) is 78.1 cm³/mol. The maximum atomic E-state index is 6.43. The van der Waals surface area contributed by atoms with Gasteiger partial charge in [0, 0.05) is 31.9 Å². The topological polar surface area (TPSA) is 32.5 Å². The number of hydrogen-bond donors (Lipinski definition) is 1. The van der Waals surface area contributed by atoms with Gasteiger partial charge in [0.15, 0.2) is 0 Å². The Morgan fingerprint density at radius 1 is 1.28 bits per heavy atom. The highest BCUT2D eigenvalue weighted by Gasteiger charge is 2.31. The van der Waals surface area contributed by atoms with Crippen molar-refractivity contribution in [1.82, 2.24) is 4.90 Å². The van der Waals surface area contributed by atoms with E-state index in [1.807, 2.05) is 0 Å². The molecule has 0 bridgehead atoms. The minimum atomic E-state index is 0.0228. The zero-order valence-corrected chi connectivity index (χ0v) is 11.8. The van der Waals surface area contributed by atoms with Crippen LogP contribution in [0.15, 0.2) is 24.3 Å². The van der Waals surface area contributed by atoms with Crippen molar-refractivity contribution in [3.63, 3.8) is 0 Å². The van der Waals surface area contributed by atoms with E-state index in [9.17, 15) is 0 Å². The van der Waals surface area contributed by atoms with Gasteiger partial charge in [-0.25, -0.2) is 0 Å². The molecule has 0 aliphatic carbocycles. The van der Waals surface area contributed by atoms with E-state index in [-0.39, 0.29) is 5.54 Å². The number of nitrogens with zero attached hydrogens (tertiary/aromatic N) is 2. The lowest BCUT2D eigenvalue weighted by Gasteiger charge is -2.23. The number of aryl methyl sites for hydroxylation is 1. The van der Waals surface area contributed by atoms with Gasteiger partial charge in [-0.3, -0.25) is 0 Å². The fraction of sp³-hybridized carbons (Fsp3) is 0.600. The molecule has 1 aliphatic rings. The van der Waals surface area contributed by atoms with E-state index >= 15 is 0 Å². The largest absolute Gasteiger partial charge is 0.378 e. The summed E-state index contributed by atoms with van der Waals surface area (Å²) in [6.45, 7) is 2.17. The van der Waals surface area contributed by atoms with Crippen LogP contribution in [0.2, 0.25) is 0 Å². The van der Waals surface area contributed by atoms with Gasteiger partial charge in [-0.1, -0.05) is 12.1 Å². The zero-order valence-electron chi connectivity index (χ0n) is 11.8. The average molecular weight is 247 g/mol. The Morgan fingerprint density at radius 2 is 1.94 bits per heavy atom.